The van der Waals surface area contributed by atoms with Crippen LogP contribution in [0.15, 0.2) is 4.99 Å². The van der Waals surface area contributed by atoms with Crippen LogP contribution in [0.3, 0.4) is 0 Å². The third-order valence-corrected chi connectivity index (χ3v) is 11.9. The van der Waals surface area contributed by atoms with E-state index >= 15 is 0 Å². The highest BCUT2D eigenvalue weighted by molar-refractivity contribution is 5.99. The fraction of sp³-hybridized carbons (Fsp3) is 0.723. The Morgan fingerprint density at radius 3 is 1.57 bits per heavy atom. The van der Waals surface area contributed by atoms with Gasteiger partial charge >= 0.3 is 11.9 Å². The van der Waals surface area contributed by atoms with Crippen molar-refractivity contribution in [1.82, 2.24) is 47.4 Å². The topological polar surface area (TPSA) is 481 Å². The zero-order chi connectivity index (χ0) is 58.1. The molecule has 29 heteroatoms. The molecule has 1 saturated heterocycles. The van der Waals surface area contributed by atoms with Crippen molar-refractivity contribution in [3.05, 3.63) is 0 Å². The Hall–Kier alpha value is -7.17. The summed E-state index contributed by atoms with van der Waals surface area (Å²) in [6.07, 6.45) is -1.11. The lowest BCUT2D eigenvalue weighted by Crippen LogP contribution is -2.61. The molecule has 76 heavy (non-hydrogen) atoms. The zero-order valence-electron chi connectivity index (χ0n) is 44.6. The second kappa shape index (κ2) is 33.0. The molecule has 10 atom stereocenters. The molecule has 0 radical (unpaired) electrons. The Bertz CT molecular complexity index is 2080. The largest absolute Gasteiger partial charge is 0.481 e. The minimum absolute atomic E-state index is 0.0621. The SMILES string of the molecule is CC(C)C[C@H](NC(=O)[C@H](CCC(=O)O)NC(=O)[C@@H](NC(=O)[C@H](CCC(N)=O)NC(=O)[C@@H]1CCCN1C(=O)[C@H](CC(C)C)NC(=O)[C@H](CCCN=C(N)N)NC(=O)[C@H](C)N)C(C)C)C(=O)N[C@@H](CO)C(=O)N[C@@H](C)C(=O)O. The van der Waals surface area contributed by atoms with Crippen LogP contribution in [0.5, 0.6) is 0 Å². The number of aliphatic hydroxyl groups is 1. The van der Waals surface area contributed by atoms with Crippen molar-refractivity contribution in [2.75, 3.05) is 19.7 Å². The van der Waals surface area contributed by atoms with Crippen LogP contribution >= 0.6 is 0 Å². The van der Waals surface area contributed by atoms with Gasteiger partial charge in [-0.2, -0.15) is 0 Å². The van der Waals surface area contributed by atoms with E-state index in [-0.39, 0.29) is 69.4 Å². The summed E-state index contributed by atoms with van der Waals surface area (Å²) >= 11 is 0. The van der Waals surface area contributed by atoms with Gasteiger partial charge in [-0.15, -0.1) is 0 Å². The number of rotatable bonds is 34. The fourth-order valence-electron chi connectivity index (χ4n) is 7.77. The summed E-state index contributed by atoms with van der Waals surface area (Å²) in [5.41, 5.74) is 22.0. The Labute approximate surface area is 441 Å². The second-order valence-electron chi connectivity index (χ2n) is 20.0. The van der Waals surface area contributed by atoms with Gasteiger partial charge in [0.05, 0.1) is 12.6 Å². The molecule has 0 saturated carbocycles. The Balaban J connectivity index is 3.44. The molecule has 19 N–H and O–H groups in total. The lowest BCUT2D eigenvalue weighted by Gasteiger charge is -2.32. The van der Waals surface area contributed by atoms with E-state index in [4.69, 9.17) is 28.0 Å². The Morgan fingerprint density at radius 2 is 1.05 bits per heavy atom. The third-order valence-electron chi connectivity index (χ3n) is 11.9. The van der Waals surface area contributed by atoms with Crippen molar-refractivity contribution in [3.8, 4) is 0 Å². The summed E-state index contributed by atoms with van der Waals surface area (Å²) in [6.45, 7) is 11.9. The molecule has 1 heterocycles. The first kappa shape index (κ1) is 66.8. The van der Waals surface area contributed by atoms with Crippen LogP contribution in [-0.2, 0) is 57.5 Å². The van der Waals surface area contributed by atoms with E-state index in [1.807, 2.05) is 13.8 Å². The van der Waals surface area contributed by atoms with Gasteiger partial charge in [0.1, 0.15) is 54.4 Å². The van der Waals surface area contributed by atoms with E-state index in [1.165, 1.54) is 25.7 Å². The number of likely N-dealkylation sites (tertiary alicyclic amines) is 1. The number of aliphatic imine (C=N–C) groups is 1. The number of carboxylic acid groups (broad SMARTS) is 2. The van der Waals surface area contributed by atoms with Gasteiger partial charge in [0, 0.05) is 25.9 Å². The van der Waals surface area contributed by atoms with Crippen LogP contribution in [0, 0.1) is 17.8 Å². The Kier molecular flexibility index (Phi) is 29.0. The first-order valence-electron chi connectivity index (χ1n) is 25.3. The number of amides is 10. The maximum atomic E-state index is 14.3. The van der Waals surface area contributed by atoms with E-state index in [9.17, 15) is 67.7 Å². The standard InChI is InChI=1S/C47H82N14O15/c1-22(2)19-30(41(70)59-32(21-62)42(71)53-26(8)46(75)76)57-39(68)29(14-16-35(64)65)56-44(73)36(24(5)6)60-40(69)28(13-15-34(49)63)55-43(72)33-12-10-18-61(33)45(74)31(20-23(3)4)58-38(67)27(54-37(66)25(7)48)11-9-17-52-47(50)51/h22-33,36,62H,9-21,48H2,1-8H3,(H2,49,63)(H,53,71)(H,54,66)(H,55,72)(H,56,73)(H,57,68)(H,58,67)(H,59,70)(H,60,69)(H,64,65)(H,75,76)(H4,50,51,52)/t25-,26-,27-,28-,29-,30-,31-,32-,33-,36-/m0/s1. The van der Waals surface area contributed by atoms with E-state index in [1.54, 1.807) is 13.8 Å². The van der Waals surface area contributed by atoms with Crippen LogP contribution in [0.4, 0.5) is 0 Å². The first-order valence-corrected chi connectivity index (χ1v) is 25.3. The summed E-state index contributed by atoms with van der Waals surface area (Å²) in [5, 5.41) is 48.2. The number of nitrogens with one attached hydrogen (secondary N) is 8. The van der Waals surface area contributed by atoms with Crippen molar-refractivity contribution >= 4 is 77.0 Å². The van der Waals surface area contributed by atoms with Gasteiger partial charge in [-0.25, -0.2) is 0 Å². The molecule has 10 amide bonds. The average molecular weight is 1080 g/mol. The number of hydrogen-bond donors (Lipinski definition) is 15. The third kappa shape index (κ3) is 24.0. The predicted molar refractivity (Wildman–Crippen MR) is 273 cm³/mol. The molecule has 0 aromatic heterocycles. The molecular weight excluding hydrogens is 1000 g/mol. The molecule has 1 fully saturated rings. The number of aliphatic carboxylic acids is 2. The fourth-order valence-corrected chi connectivity index (χ4v) is 7.77. The van der Waals surface area contributed by atoms with Gasteiger partial charge < -0.3 is 85.7 Å². The van der Waals surface area contributed by atoms with Crippen LogP contribution in [0.25, 0.3) is 0 Å². The predicted octanol–water partition coefficient (Wildman–Crippen LogP) is -4.77. The monoisotopic (exact) mass is 1080 g/mol. The lowest BCUT2D eigenvalue weighted by atomic mass is 9.99. The maximum absolute atomic E-state index is 14.3. The highest BCUT2D eigenvalue weighted by atomic mass is 16.4. The molecule has 0 unspecified atom stereocenters. The number of guanidine groups is 1. The zero-order valence-corrected chi connectivity index (χ0v) is 44.6. The molecule has 0 aromatic rings. The van der Waals surface area contributed by atoms with Crippen molar-refractivity contribution in [1.29, 1.82) is 0 Å². The van der Waals surface area contributed by atoms with Crippen LogP contribution in [0.1, 0.15) is 120 Å². The molecule has 0 aliphatic carbocycles. The molecule has 29 nitrogen and oxygen atoms in total. The smallest absolute Gasteiger partial charge is 0.325 e. The number of primary amides is 1. The van der Waals surface area contributed by atoms with Crippen molar-refractivity contribution in [2.45, 2.75) is 180 Å². The number of nitrogens with zero attached hydrogens (tertiary/aromatic N) is 2. The molecule has 0 bridgehead atoms. The lowest BCUT2D eigenvalue weighted by molar-refractivity contribution is -0.143. The molecular formula is C47H82N14O15. The number of carboxylic acids is 2. The average Bonchev–Trinajstić information content (AvgIpc) is 3.82. The van der Waals surface area contributed by atoms with E-state index in [2.05, 4.69) is 47.5 Å². The highest BCUT2D eigenvalue weighted by Gasteiger charge is 2.41. The molecule has 1 rings (SSSR count). The van der Waals surface area contributed by atoms with Crippen LogP contribution in [-0.4, -0.2) is 177 Å². The summed E-state index contributed by atoms with van der Waals surface area (Å²) in [7, 11) is 0. The van der Waals surface area contributed by atoms with Crippen LogP contribution < -0.4 is 65.5 Å². The highest BCUT2D eigenvalue weighted by Crippen LogP contribution is 2.22. The number of nitrogens with two attached hydrogens (primary N) is 4. The van der Waals surface area contributed by atoms with Gasteiger partial charge in [-0.3, -0.25) is 62.5 Å². The summed E-state index contributed by atoms with van der Waals surface area (Å²) in [6, 6.07) is -13.6. The van der Waals surface area contributed by atoms with Gasteiger partial charge in [-0.1, -0.05) is 41.5 Å². The quantitative estimate of drug-likeness (QED) is 0.0163. The molecule has 0 aromatic carbocycles. The maximum Gasteiger partial charge on any atom is 0.325 e. The van der Waals surface area contributed by atoms with Gasteiger partial charge in [-0.05, 0) is 83.0 Å². The summed E-state index contributed by atoms with van der Waals surface area (Å²) in [5.74, 6) is -12.8. The molecule has 1 aliphatic heterocycles. The second-order valence-corrected chi connectivity index (χ2v) is 20.0. The number of carbonyl (C=O) groups is 12. The number of hydrogen-bond acceptors (Lipinski definition) is 15. The Morgan fingerprint density at radius 1 is 0.579 bits per heavy atom. The normalized spacial score (nSPS) is 16.8. The summed E-state index contributed by atoms with van der Waals surface area (Å²) in [4.78, 5) is 163. The minimum atomic E-state index is -1.65. The van der Waals surface area contributed by atoms with Gasteiger partial charge in [0.25, 0.3) is 0 Å². The molecule has 0 spiro atoms. The van der Waals surface area contributed by atoms with Gasteiger partial charge in [0.2, 0.25) is 59.1 Å². The van der Waals surface area contributed by atoms with Crippen LogP contribution in [0.2, 0.25) is 0 Å². The van der Waals surface area contributed by atoms with Crippen molar-refractivity contribution in [2.24, 2.45) is 45.7 Å². The number of carbonyl (C=O) groups excluding carboxylic acids is 10. The van der Waals surface area contributed by atoms with E-state index in [0.29, 0.717) is 6.42 Å². The van der Waals surface area contributed by atoms with Gasteiger partial charge in [0.15, 0.2) is 5.96 Å². The van der Waals surface area contributed by atoms with Crippen molar-refractivity contribution < 1.29 is 72.9 Å². The minimum Gasteiger partial charge on any atom is -0.481 e. The summed E-state index contributed by atoms with van der Waals surface area (Å²) < 4.78 is 0. The van der Waals surface area contributed by atoms with E-state index < -0.39 is 163 Å². The van der Waals surface area contributed by atoms with E-state index in [0.717, 1.165) is 6.92 Å². The van der Waals surface area contributed by atoms with Crippen molar-refractivity contribution in [3.63, 3.8) is 0 Å². The number of aliphatic hydroxyl groups excluding tert-OH is 1. The molecule has 430 valence electrons. The first-order chi connectivity index (χ1) is 35.4. The molecule has 1 aliphatic rings.